The number of fused-ring (bicyclic) bond motifs is 1. The van der Waals surface area contributed by atoms with Crippen molar-refractivity contribution >= 4 is 44.2 Å². The molecule has 0 unspecified atom stereocenters. The molecule has 0 aliphatic rings. The van der Waals surface area contributed by atoms with Gasteiger partial charge in [0.2, 0.25) is 10.0 Å². The average Bonchev–Trinajstić information content (AvgIpc) is 2.49. The number of hydrogen-bond donors (Lipinski definition) is 3. The second-order valence-electron chi connectivity index (χ2n) is 5.15. The van der Waals surface area contributed by atoms with E-state index in [0.717, 1.165) is 0 Å². The molecule has 0 fully saturated rings. The Morgan fingerprint density at radius 1 is 1.42 bits per heavy atom. The van der Waals surface area contributed by atoms with Crippen LogP contribution in [0, 0.1) is 0 Å². The zero-order valence-electron chi connectivity index (χ0n) is 13.2. The number of benzene rings is 1. The van der Waals surface area contributed by atoms with Crippen molar-refractivity contribution < 1.29 is 13.2 Å². The quantitative estimate of drug-likeness (QED) is 0.514. The Morgan fingerprint density at radius 3 is 2.75 bits per heavy atom. The SMILES string of the molecule is COC[C@H](C)NS(=O)(=O)c1ccc2c(Cl)cnc(N=C(N)N)c2c1. The van der Waals surface area contributed by atoms with Gasteiger partial charge in [-0.25, -0.2) is 18.1 Å². The maximum Gasteiger partial charge on any atom is 0.240 e. The molecular formula is C14H18ClN5O3S. The fourth-order valence-corrected chi connectivity index (χ4v) is 3.64. The standard InChI is InChI=1S/C14H18ClN5O3S/c1-8(7-23-2)20-24(21,22)9-3-4-10-11(5-9)13(19-14(16)17)18-6-12(10)15/h3-6,8,20H,7H2,1-2H3,(H4,16,17,18,19)/t8-/m0/s1. The van der Waals surface area contributed by atoms with Gasteiger partial charge in [0.25, 0.3) is 0 Å². The highest BCUT2D eigenvalue weighted by molar-refractivity contribution is 7.89. The first kappa shape index (κ1) is 18.4. The number of rotatable bonds is 6. The summed E-state index contributed by atoms with van der Waals surface area (Å²) in [6.45, 7) is 1.95. The van der Waals surface area contributed by atoms with Gasteiger partial charge in [-0.3, -0.25) is 0 Å². The van der Waals surface area contributed by atoms with Crippen LogP contribution in [0.15, 0.2) is 34.3 Å². The first-order valence-corrected chi connectivity index (χ1v) is 8.80. The van der Waals surface area contributed by atoms with E-state index in [2.05, 4.69) is 14.7 Å². The highest BCUT2D eigenvalue weighted by atomic mass is 35.5. The number of nitrogens with two attached hydrogens (primary N) is 2. The number of ether oxygens (including phenoxy) is 1. The number of hydrogen-bond acceptors (Lipinski definition) is 5. The smallest absolute Gasteiger partial charge is 0.240 e. The van der Waals surface area contributed by atoms with Gasteiger partial charge >= 0.3 is 0 Å². The van der Waals surface area contributed by atoms with Gasteiger partial charge in [0.05, 0.1) is 16.5 Å². The maximum atomic E-state index is 12.5. The molecule has 0 saturated carbocycles. The molecule has 0 bridgehead atoms. The lowest BCUT2D eigenvalue weighted by Gasteiger charge is -2.14. The second kappa shape index (κ2) is 7.31. The minimum Gasteiger partial charge on any atom is -0.383 e. The van der Waals surface area contributed by atoms with Crippen LogP contribution in [0.5, 0.6) is 0 Å². The van der Waals surface area contributed by atoms with Gasteiger partial charge in [-0.1, -0.05) is 17.7 Å². The molecule has 130 valence electrons. The summed E-state index contributed by atoms with van der Waals surface area (Å²) in [5.74, 6) is 0.00242. The van der Waals surface area contributed by atoms with Crippen LogP contribution in [-0.4, -0.2) is 39.1 Å². The first-order valence-electron chi connectivity index (χ1n) is 6.93. The molecule has 8 nitrogen and oxygen atoms in total. The van der Waals surface area contributed by atoms with Gasteiger partial charge in [0, 0.05) is 30.1 Å². The molecule has 1 atom stereocenters. The maximum absolute atomic E-state index is 12.5. The van der Waals surface area contributed by atoms with Crippen molar-refractivity contribution in [1.82, 2.24) is 9.71 Å². The van der Waals surface area contributed by atoms with E-state index in [4.69, 9.17) is 27.8 Å². The van der Waals surface area contributed by atoms with Crippen molar-refractivity contribution in [2.24, 2.45) is 16.5 Å². The van der Waals surface area contributed by atoms with Crippen LogP contribution in [-0.2, 0) is 14.8 Å². The lowest BCUT2D eigenvalue weighted by molar-refractivity contribution is 0.180. The summed E-state index contributed by atoms with van der Waals surface area (Å²) in [6.07, 6.45) is 1.40. The summed E-state index contributed by atoms with van der Waals surface area (Å²) in [5.41, 5.74) is 10.8. The number of aromatic nitrogens is 1. The Balaban J connectivity index is 2.56. The molecule has 5 N–H and O–H groups in total. The van der Waals surface area contributed by atoms with E-state index in [1.54, 1.807) is 13.0 Å². The molecule has 2 aromatic rings. The average molecular weight is 372 g/mol. The van der Waals surface area contributed by atoms with Crippen molar-refractivity contribution in [3.8, 4) is 0 Å². The Labute approximate surface area is 144 Å². The predicted molar refractivity (Wildman–Crippen MR) is 93.9 cm³/mol. The van der Waals surface area contributed by atoms with Crippen LogP contribution >= 0.6 is 11.6 Å². The third kappa shape index (κ3) is 4.12. The molecule has 0 amide bonds. The Morgan fingerprint density at radius 2 is 2.12 bits per heavy atom. The van der Waals surface area contributed by atoms with Gasteiger partial charge < -0.3 is 16.2 Å². The van der Waals surface area contributed by atoms with E-state index in [0.29, 0.717) is 15.8 Å². The van der Waals surface area contributed by atoms with Crippen LogP contribution in [0.4, 0.5) is 5.82 Å². The number of nitrogens with zero attached hydrogens (tertiary/aromatic N) is 2. The second-order valence-corrected chi connectivity index (χ2v) is 7.27. The molecule has 1 aromatic carbocycles. The monoisotopic (exact) mass is 371 g/mol. The van der Waals surface area contributed by atoms with Gasteiger partial charge in [0.15, 0.2) is 11.8 Å². The van der Waals surface area contributed by atoms with Crippen LogP contribution < -0.4 is 16.2 Å². The predicted octanol–water partition coefficient (Wildman–Crippen LogP) is 1.11. The third-order valence-electron chi connectivity index (χ3n) is 3.11. The molecule has 0 aliphatic heterocycles. The topological polar surface area (TPSA) is 133 Å². The molecule has 2 rings (SSSR count). The largest absolute Gasteiger partial charge is 0.383 e. The van der Waals surface area contributed by atoms with E-state index in [9.17, 15) is 8.42 Å². The van der Waals surface area contributed by atoms with Crippen LogP contribution in [0.25, 0.3) is 10.8 Å². The van der Waals surface area contributed by atoms with E-state index in [-0.39, 0.29) is 29.3 Å². The van der Waals surface area contributed by atoms with Crippen molar-refractivity contribution in [2.75, 3.05) is 13.7 Å². The minimum atomic E-state index is -3.74. The van der Waals surface area contributed by atoms with Crippen LogP contribution in [0.1, 0.15) is 6.92 Å². The molecule has 0 saturated heterocycles. The lowest BCUT2D eigenvalue weighted by Crippen LogP contribution is -2.35. The minimum absolute atomic E-state index is 0.0501. The van der Waals surface area contributed by atoms with Crippen molar-refractivity contribution in [3.63, 3.8) is 0 Å². The van der Waals surface area contributed by atoms with Gasteiger partial charge in [0.1, 0.15) is 0 Å². The fourth-order valence-electron chi connectivity index (χ4n) is 2.17. The molecule has 0 radical (unpaired) electrons. The van der Waals surface area contributed by atoms with Gasteiger partial charge in [-0.15, -0.1) is 0 Å². The Bertz CT molecular complexity index is 881. The summed E-state index contributed by atoms with van der Waals surface area (Å²) >= 11 is 6.10. The summed E-state index contributed by atoms with van der Waals surface area (Å²) in [6, 6.07) is 4.08. The number of nitrogens with one attached hydrogen (secondary N) is 1. The number of pyridine rings is 1. The molecule has 10 heteroatoms. The van der Waals surface area contributed by atoms with Crippen LogP contribution in [0.2, 0.25) is 5.02 Å². The normalized spacial score (nSPS) is 13.0. The summed E-state index contributed by atoms with van der Waals surface area (Å²) in [5, 5.41) is 1.39. The number of methoxy groups -OCH3 is 1. The number of aliphatic imine (C=N–C) groups is 1. The Kier molecular flexibility index (Phi) is 5.60. The van der Waals surface area contributed by atoms with E-state index < -0.39 is 10.0 Å². The number of halogens is 1. The van der Waals surface area contributed by atoms with E-state index in [1.807, 2.05) is 0 Å². The highest BCUT2D eigenvalue weighted by Gasteiger charge is 2.19. The molecule has 0 spiro atoms. The van der Waals surface area contributed by atoms with Gasteiger partial charge in [-0.05, 0) is 19.1 Å². The first-order chi connectivity index (χ1) is 11.2. The molecule has 24 heavy (non-hydrogen) atoms. The van der Waals surface area contributed by atoms with E-state index in [1.165, 1.54) is 25.4 Å². The molecule has 0 aliphatic carbocycles. The lowest BCUT2D eigenvalue weighted by atomic mass is 10.1. The summed E-state index contributed by atoms with van der Waals surface area (Å²) in [7, 11) is -2.25. The number of guanidine groups is 1. The van der Waals surface area contributed by atoms with Gasteiger partial charge in [-0.2, -0.15) is 4.99 Å². The summed E-state index contributed by atoms with van der Waals surface area (Å²) in [4.78, 5) is 8.00. The molecular weight excluding hydrogens is 354 g/mol. The highest BCUT2D eigenvalue weighted by Crippen LogP contribution is 2.31. The zero-order chi connectivity index (χ0) is 17.9. The molecule has 1 aromatic heterocycles. The molecule has 1 heterocycles. The van der Waals surface area contributed by atoms with E-state index >= 15 is 0 Å². The Hall–Kier alpha value is -1.94. The van der Waals surface area contributed by atoms with Crippen molar-refractivity contribution in [1.29, 1.82) is 0 Å². The fraction of sp³-hybridized carbons (Fsp3) is 0.286. The summed E-state index contributed by atoms with van der Waals surface area (Å²) < 4.78 is 32.4. The van der Waals surface area contributed by atoms with Crippen molar-refractivity contribution in [2.45, 2.75) is 17.9 Å². The van der Waals surface area contributed by atoms with Crippen molar-refractivity contribution in [3.05, 3.63) is 29.4 Å². The third-order valence-corrected chi connectivity index (χ3v) is 5.00. The van der Waals surface area contributed by atoms with Crippen LogP contribution in [0.3, 0.4) is 0 Å². The zero-order valence-corrected chi connectivity index (χ0v) is 14.7. The number of sulfonamides is 1.